The second kappa shape index (κ2) is 8.19. The van der Waals surface area contributed by atoms with Crippen molar-refractivity contribution in [3.05, 3.63) is 64.5 Å². The van der Waals surface area contributed by atoms with Crippen LogP contribution < -0.4 is 4.90 Å². The van der Waals surface area contributed by atoms with Crippen molar-refractivity contribution < 1.29 is 8.42 Å². The second-order valence-electron chi connectivity index (χ2n) is 7.26. The van der Waals surface area contributed by atoms with Crippen LogP contribution in [0.2, 0.25) is 0 Å². The van der Waals surface area contributed by atoms with Crippen LogP contribution in [0.1, 0.15) is 16.7 Å². The van der Waals surface area contributed by atoms with Gasteiger partial charge in [-0.1, -0.05) is 30.3 Å². The summed E-state index contributed by atoms with van der Waals surface area (Å²) in [5.41, 5.74) is 4.72. The third-order valence-electron chi connectivity index (χ3n) is 5.51. The van der Waals surface area contributed by atoms with Crippen molar-refractivity contribution in [2.75, 3.05) is 31.1 Å². The number of benzene rings is 2. The van der Waals surface area contributed by atoms with Gasteiger partial charge in [-0.3, -0.25) is 0 Å². The molecule has 3 aromatic rings. The van der Waals surface area contributed by atoms with Gasteiger partial charge < -0.3 is 4.90 Å². The Morgan fingerprint density at radius 2 is 1.77 bits per heavy atom. The molecule has 0 atom stereocenters. The van der Waals surface area contributed by atoms with Crippen LogP contribution in [0.25, 0.3) is 11.3 Å². The Hall–Kier alpha value is -2.73. The van der Waals surface area contributed by atoms with Crippen LogP contribution in [0.15, 0.2) is 52.7 Å². The fourth-order valence-corrected chi connectivity index (χ4v) is 6.05. The van der Waals surface area contributed by atoms with Gasteiger partial charge in [0.2, 0.25) is 10.0 Å². The van der Waals surface area contributed by atoms with Crippen molar-refractivity contribution in [3.63, 3.8) is 0 Å². The van der Waals surface area contributed by atoms with Crippen molar-refractivity contribution in [2.24, 2.45) is 0 Å². The van der Waals surface area contributed by atoms with E-state index in [2.05, 4.69) is 36.3 Å². The predicted molar refractivity (Wildman–Crippen MR) is 119 cm³/mol. The minimum atomic E-state index is -3.69. The molecule has 0 N–H and O–H groups in total. The van der Waals surface area contributed by atoms with Gasteiger partial charge in [0.05, 0.1) is 16.2 Å². The number of hydrogen-bond donors (Lipinski definition) is 0. The lowest BCUT2D eigenvalue weighted by Crippen LogP contribution is -2.48. The largest absolute Gasteiger partial charge is 0.345 e. The number of nitriles is 1. The highest BCUT2D eigenvalue weighted by Gasteiger charge is 2.31. The van der Waals surface area contributed by atoms with Gasteiger partial charge >= 0.3 is 0 Å². The van der Waals surface area contributed by atoms with E-state index >= 15 is 0 Å². The van der Waals surface area contributed by atoms with Crippen LogP contribution >= 0.6 is 11.3 Å². The third-order valence-corrected chi connectivity index (χ3v) is 8.37. The van der Waals surface area contributed by atoms with Crippen molar-refractivity contribution in [1.29, 1.82) is 5.26 Å². The van der Waals surface area contributed by atoms with E-state index in [0.29, 0.717) is 26.2 Å². The molecule has 0 bridgehead atoms. The van der Waals surface area contributed by atoms with E-state index < -0.39 is 10.0 Å². The molecule has 0 spiro atoms. The minimum absolute atomic E-state index is 0.0763. The summed E-state index contributed by atoms with van der Waals surface area (Å²) in [6.45, 7) is 6.05. The fraction of sp³-hybridized carbons (Fsp3) is 0.273. The number of aryl methyl sites for hydroxylation is 1. The number of hydrogen-bond acceptors (Lipinski definition) is 6. The van der Waals surface area contributed by atoms with Crippen LogP contribution in [0, 0.1) is 25.2 Å². The molecule has 0 aliphatic carbocycles. The van der Waals surface area contributed by atoms with Gasteiger partial charge in [-0.05, 0) is 37.1 Å². The number of anilines is 1. The first-order chi connectivity index (χ1) is 14.4. The standard InChI is InChI=1S/C22H22N4O2S2/c1-16-6-5-8-19(17(16)2)20-15-29-22(24-20)25-10-12-26(13-11-25)30(27,28)21-9-4-3-7-18(21)14-23/h3-9,15H,10-13H2,1-2H3. The molecule has 8 heteroatoms. The molecular formula is C22H22N4O2S2. The van der Waals surface area contributed by atoms with Gasteiger partial charge in [-0.25, -0.2) is 13.4 Å². The molecule has 30 heavy (non-hydrogen) atoms. The lowest BCUT2D eigenvalue weighted by molar-refractivity contribution is 0.384. The summed E-state index contributed by atoms with van der Waals surface area (Å²) in [5, 5.41) is 12.2. The maximum atomic E-state index is 13.0. The van der Waals surface area contributed by atoms with Crippen molar-refractivity contribution in [1.82, 2.24) is 9.29 Å². The van der Waals surface area contributed by atoms with Crippen molar-refractivity contribution >= 4 is 26.5 Å². The van der Waals surface area contributed by atoms with E-state index in [0.717, 1.165) is 16.4 Å². The zero-order valence-electron chi connectivity index (χ0n) is 16.9. The summed E-state index contributed by atoms with van der Waals surface area (Å²) < 4.78 is 27.5. The predicted octanol–water partition coefficient (Wildman–Crippen LogP) is 3.81. The van der Waals surface area contributed by atoms with Crippen molar-refractivity contribution in [3.8, 4) is 17.3 Å². The highest BCUT2D eigenvalue weighted by Crippen LogP contribution is 2.31. The van der Waals surface area contributed by atoms with Gasteiger partial charge in [0.1, 0.15) is 6.07 Å². The number of aromatic nitrogens is 1. The topological polar surface area (TPSA) is 77.3 Å². The first-order valence-electron chi connectivity index (χ1n) is 9.68. The SMILES string of the molecule is Cc1cccc(-c2csc(N3CCN(S(=O)(=O)c4ccccc4C#N)CC3)n2)c1C. The number of nitrogens with zero attached hydrogens (tertiary/aromatic N) is 4. The highest BCUT2D eigenvalue weighted by atomic mass is 32.2. The minimum Gasteiger partial charge on any atom is -0.345 e. The Balaban J connectivity index is 1.50. The summed E-state index contributed by atoms with van der Waals surface area (Å²) in [6.07, 6.45) is 0. The first kappa shape index (κ1) is 20.5. The van der Waals surface area contributed by atoms with Crippen LogP contribution in [-0.2, 0) is 10.0 Å². The first-order valence-corrected chi connectivity index (χ1v) is 12.0. The van der Waals surface area contributed by atoms with E-state index in [1.165, 1.54) is 27.6 Å². The molecule has 2 heterocycles. The lowest BCUT2D eigenvalue weighted by atomic mass is 10.0. The van der Waals surface area contributed by atoms with Crippen molar-refractivity contribution in [2.45, 2.75) is 18.7 Å². The third kappa shape index (κ3) is 3.72. The molecule has 1 aliphatic rings. The molecule has 1 aromatic heterocycles. The maximum Gasteiger partial charge on any atom is 0.244 e. The van der Waals surface area contributed by atoms with Gasteiger partial charge in [-0.15, -0.1) is 11.3 Å². The van der Waals surface area contributed by atoms with E-state index in [4.69, 9.17) is 4.98 Å². The van der Waals surface area contributed by atoms with Crippen LogP contribution in [-0.4, -0.2) is 43.9 Å². The molecule has 0 radical (unpaired) electrons. The molecule has 0 amide bonds. The summed E-state index contributed by atoms with van der Waals surface area (Å²) in [6, 6.07) is 14.5. The van der Waals surface area contributed by atoms with Gasteiger partial charge in [0.15, 0.2) is 5.13 Å². The lowest BCUT2D eigenvalue weighted by Gasteiger charge is -2.33. The van der Waals surface area contributed by atoms with Crippen LogP contribution in [0.5, 0.6) is 0 Å². The molecule has 154 valence electrons. The number of thiazole rings is 1. The summed E-state index contributed by atoms with van der Waals surface area (Å²) in [4.78, 5) is 7.02. The second-order valence-corrected chi connectivity index (χ2v) is 10.0. The Morgan fingerprint density at radius 3 is 2.50 bits per heavy atom. The van der Waals surface area contributed by atoms with E-state index in [1.807, 2.05) is 12.1 Å². The summed E-state index contributed by atoms with van der Waals surface area (Å²) >= 11 is 1.58. The average Bonchev–Trinajstić information content (AvgIpc) is 3.25. The Morgan fingerprint density at radius 1 is 1.03 bits per heavy atom. The molecule has 0 saturated carbocycles. The smallest absolute Gasteiger partial charge is 0.244 e. The molecule has 6 nitrogen and oxygen atoms in total. The van der Waals surface area contributed by atoms with Gasteiger partial charge in [-0.2, -0.15) is 9.57 Å². The normalized spacial score (nSPS) is 15.2. The molecule has 4 rings (SSSR count). The monoisotopic (exact) mass is 438 g/mol. The number of sulfonamides is 1. The average molecular weight is 439 g/mol. The molecule has 2 aromatic carbocycles. The summed E-state index contributed by atoms with van der Waals surface area (Å²) in [5.74, 6) is 0. The molecule has 1 saturated heterocycles. The Bertz CT molecular complexity index is 1220. The molecule has 1 fully saturated rings. The van der Waals surface area contributed by atoms with Gasteiger partial charge in [0, 0.05) is 37.1 Å². The zero-order valence-corrected chi connectivity index (χ0v) is 18.5. The molecule has 1 aliphatic heterocycles. The van der Waals surface area contributed by atoms with E-state index in [9.17, 15) is 13.7 Å². The quantitative estimate of drug-likeness (QED) is 0.619. The fourth-order valence-electron chi connectivity index (χ4n) is 3.60. The molecule has 0 unspecified atom stereocenters. The van der Waals surface area contributed by atoms with Crippen LogP contribution in [0.3, 0.4) is 0 Å². The van der Waals surface area contributed by atoms with Gasteiger partial charge in [0.25, 0.3) is 0 Å². The van der Waals surface area contributed by atoms with E-state index in [1.54, 1.807) is 23.5 Å². The highest BCUT2D eigenvalue weighted by molar-refractivity contribution is 7.89. The number of rotatable bonds is 4. The number of piperazine rings is 1. The Kier molecular flexibility index (Phi) is 5.60. The van der Waals surface area contributed by atoms with E-state index in [-0.39, 0.29) is 10.5 Å². The maximum absolute atomic E-state index is 13.0. The van der Waals surface area contributed by atoms with Crippen LogP contribution in [0.4, 0.5) is 5.13 Å². The Labute approximate surface area is 181 Å². The zero-order chi connectivity index (χ0) is 21.3. The molecular weight excluding hydrogens is 416 g/mol. The summed E-state index contributed by atoms with van der Waals surface area (Å²) in [7, 11) is -3.69.